The Morgan fingerprint density at radius 1 is 1.20 bits per heavy atom. The summed E-state index contributed by atoms with van der Waals surface area (Å²) >= 11 is 1.22. The monoisotopic (exact) mass is 300 g/mol. The van der Waals surface area contributed by atoms with Gasteiger partial charge in [0.25, 0.3) is 0 Å². The molecule has 0 atom stereocenters. The van der Waals surface area contributed by atoms with Crippen LogP contribution < -0.4 is 5.32 Å². The van der Waals surface area contributed by atoms with Gasteiger partial charge >= 0.3 is 0 Å². The Morgan fingerprint density at radius 2 is 1.80 bits per heavy atom. The van der Waals surface area contributed by atoms with Gasteiger partial charge in [-0.2, -0.15) is 0 Å². The Labute approximate surface area is 119 Å². The van der Waals surface area contributed by atoms with Gasteiger partial charge in [-0.05, 0) is 13.0 Å². The van der Waals surface area contributed by atoms with Crippen LogP contribution in [0.3, 0.4) is 0 Å². The fourth-order valence-corrected chi connectivity index (χ4v) is 3.23. The third kappa shape index (κ3) is 2.86. The van der Waals surface area contributed by atoms with Gasteiger partial charge in [-0.3, -0.25) is 0 Å². The molecule has 0 fully saturated rings. The van der Waals surface area contributed by atoms with Crippen molar-refractivity contribution in [3.05, 3.63) is 40.2 Å². The van der Waals surface area contributed by atoms with Crippen molar-refractivity contribution in [2.45, 2.75) is 26.3 Å². The number of nitrogens with zero attached hydrogens (tertiary/aromatic N) is 1. The minimum atomic E-state index is -0.931. The molecule has 0 aliphatic carbocycles. The maximum Gasteiger partial charge on any atom is 0.139 e. The van der Waals surface area contributed by atoms with Gasteiger partial charge in [0.1, 0.15) is 22.5 Å². The molecule has 0 aliphatic heterocycles. The van der Waals surface area contributed by atoms with E-state index < -0.39 is 17.5 Å². The van der Waals surface area contributed by atoms with Crippen molar-refractivity contribution in [1.29, 1.82) is 0 Å². The van der Waals surface area contributed by atoms with E-state index >= 15 is 0 Å². The van der Waals surface area contributed by atoms with Crippen molar-refractivity contribution in [2.75, 3.05) is 7.05 Å². The molecule has 1 heterocycles. The van der Waals surface area contributed by atoms with Crippen molar-refractivity contribution < 1.29 is 13.2 Å². The van der Waals surface area contributed by atoms with Crippen LogP contribution in [-0.4, -0.2) is 12.0 Å². The average molecular weight is 300 g/mol. The van der Waals surface area contributed by atoms with E-state index in [1.54, 1.807) is 7.05 Å². The zero-order chi connectivity index (χ0) is 14.9. The Morgan fingerprint density at radius 3 is 2.30 bits per heavy atom. The first kappa shape index (κ1) is 15.0. The fraction of sp³-hybridized carbons (Fsp3) is 0.357. The van der Waals surface area contributed by atoms with E-state index in [9.17, 15) is 13.2 Å². The number of nitrogens with one attached hydrogen (secondary N) is 1. The molecule has 0 saturated carbocycles. The molecule has 0 saturated heterocycles. The van der Waals surface area contributed by atoms with E-state index in [-0.39, 0.29) is 16.5 Å². The molecule has 0 unspecified atom stereocenters. The minimum absolute atomic E-state index is 0.148. The normalized spacial score (nSPS) is 11.3. The molecule has 0 spiro atoms. The second-order valence-corrected chi connectivity index (χ2v) is 5.84. The lowest BCUT2D eigenvalue weighted by Gasteiger charge is -2.03. The molecule has 0 bridgehead atoms. The van der Waals surface area contributed by atoms with Crippen LogP contribution in [0.1, 0.15) is 30.3 Å². The predicted molar refractivity (Wildman–Crippen MR) is 74.3 cm³/mol. The molecular formula is C14H15F3N2S. The van der Waals surface area contributed by atoms with E-state index in [1.807, 2.05) is 13.8 Å². The van der Waals surface area contributed by atoms with Crippen LogP contribution in [0.4, 0.5) is 13.2 Å². The molecule has 2 rings (SSSR count). The summed E-state index contributed by atoms with van der Waals surface area (Å²) in [4.78, 5) is 5.26. The number of hydrogen-bond donors (Lipinski definition) is 1. The van der Waals surface area contributed by atoms with E-state index in [2.05, 4.69) is 10.3 Å². The third-order valence-corrected chi connectivity index (χ3v) is 3.92. The Bertz CT molecular complexity index is 600. The highest BCUT2D eigenvalue weighted by Crippen LogP contribution is 2.34. The van der Waals surface area contributed by atoms with Gasteiger partial charge < -0.3 is 5.32 Å². The molecule has 1 aromatic carbocycles. The highest BCUT2D eigenvalue weighted by molar-refractivity contribution is 7.15. The number of aromatic nitrogens is 1. The molecule has 2 aromatic rings. The summed E-state index contributed by atoms with van der Waals surface area (Å²) < 4.78 is 40.5. The van der Waals surface area contributed by atoms with Gasteiger partial charge in [-0.25, -0.2) is 18.2 Å². The van der Waals surface area contributed by atoms with Crippen LogP contribution in [0.25, 0.3) is 10.6 Å². The summed E-state index contributed by atoms with van der Waals surface area (Å²) in [6, 6.07) is 1.35. The SMILES string of the molecule is CNCc1sc(-c2c(F)cc(F)cc2F)nc1C(C)C. The van der Waals surface area contributed by atoms with Crippen molar-refractivity contribution in [1.82, 2.24) is 10.3 Å². The lowest BCUT2D eigenvalue weighted by Crippen LogP contribution is -2.06. The first-order valence-corrected chi connectivity index (χ1v) is 7.04. The molecule has 2 nitrogen and oxygen atoms in total. The van der Waals surface area contributed by atoms with Gasteiger partial charge in [-0.15, -0.1) is 11.3 Å². The topological polar surface area (TPSA) is 24.9 Å². The van der Waals surface area contributed by atoms with E-state index in [0.717, 1.165) is 10.6 Å². The van der Waals surface area contributed by atoms with Crippen LogP contribution >= 0.6 is 11.3 Å². The summed E-state index contributed by atoms with van der Waals surface area (Å²) in [6.07, 6.45) is 0. The third-order valence-electron chi connectivity index (χ3n) is 2.83. The molecule has 20 heavy (non-hydrogen) atoms. The fourth-order valence-electron chi connectivity index (χ4n) is 1.96. The van der Waals surface area contributed by atoms with Crippen molar-refractivity contribution >= 4 is 11.3 Å². The summed E-state index contributed by atoms with van der Waals surface area (Å²) in [7, 11) is 1.79. The number of benzene rings is 1. The van der Waals surface area contributed by atoms with Gasteiger partial charge in [0.15, 0.2) is 0 Å². The zero-order valence-corrected chi connectivity index (χ0v) is 12.2. The maximum absolute atomic E-state index is 13.8. The summed E-state index contributed by atoms with van der Waals surface area (Å²) in [6.45, 7) is 4.51. The predicted octanol–water partition coefficient (Wildman–Crippen LogP) is 4.07. The molecule has 0 amide bonds. The van der Waals surface area contributed by atoms with Crippen LogP contribution in [0.15, 0.2) is 12.1 Å². The van der Waals surface area contributed by atoms with E-state index in [0.29, 0.717) is 18.7 Å². The summed E-state index contributed by atoms with van der Waals surface area (Å²) in [5.74, 6) is -2.64. The lowest BCUT2D eigenvalue weighted by atomic mass is 10.1. The van der Waals surface area contributed by atoms with Crippen LogP contribution in [0.2, 0.25) is 0 Å². The van der Waals surface area contributed by atoms with Crippen molar-refractivity contribution in [3.63, 3.8) is 0 Å². The number of rotatable bonds is 4. The van der Waals surface area contributed by atoms with Crippen LogP contribution in [0.5, 0.6) is 0 Å². The second-order valence-electron chi connectivity index (χ2n) is 4.76. The zero-order valence-electron chi connectivity index (χ0n) is 11.4. The highest BCUT2D eigenvalue weighted by atomic mass is 32.1. The first-order valence-electron chi connectivity index (χ1n) is 6.23. The Kier molecular flexibility index (Phi) is 4.45. The standard InChI is InChI=1S/C14H15F3N2S/c1-7(2)13-11(6-18-3)20-14(19-13)12-9(16)4-8(15)5-10(12)17/h4-5,7,18H,6H2,1-3H3. The smallest absolute Gasteiger partial charge is 0.139 e. The van der Waals surface area contributed by atoms with Gasteiger partial charge in [0, 0.05) is 23.6 Å². The van der Waals surface area contributed by atoms with E-state index in [4.69, 9.17) is 0 Å². The second kappa shape index (κ2) is 5.93. The van der Waals surface area contributed by atoms with Gasteiger partial charge in [0.2, 0.25) is 0 Å². The van der Waals surface area contributed by atoms with Crippen molar-refractivity contribution in [2.24, 2.45) is 0 Å². The van der Waals surface area contributed by atoms with Crippen LogP contribution in [-0.2, 0) is 6.54 Å². The quantitative estimate of drug-likeness (QED) is 0.920. The molecule has 6 heteroatoms. The Hall–Kier alpha value is -1.40. The molecule has 108 valence electrons. The number of thiazole rings is 1. The van der Waals surface area contributed by atoms with Gasteiger partial charge in [0.05, 0.1) is 11.3 Å². The summed E-state index contributed by atoms with van der Waals surface area (Å²) in [5.41, 5.74) is 0.545. The van der Waals surface area contributed by atoms with Crippen molar-refractivity contribution in [3.8, 4) is 10.6 Å². The molecule has 1 N–H and O–H groups in total. The largest absolute Gasteiger partial charge is 0.315 e. The van der Waals surface area contributed by atoms with Gasteiger partial charge in [-0.1, -0.05) is 13.8 Å². The maximum atomic E-state index is 13.8. The molecular weight excluding hydrogens is 285 g/mol. The average Bonchev–Trinajstić information content (AvgIpc) is 2.72. The Balaban J connectivity index is 2.56. The first-order chi connectivity index (χ1) is 9.43. The number of hydrogen-bond acceptors (Lipinski definition) is 3. The lowest BCUT2D eigenvalue weighted by molar-refractivity contribution is 0.548. The highest BCUT2D eigenvalue weighted by Gasteiger charge is 2.20. The molecule has 0 radical (unpaired) electrons. The minimum Gasteiger partial charge on any atom is -0.315 e. The molecule has 1 aromatic heterocycles. The van der Waals surface area contributed by atoms with Crippen LogP contribution in [0, 0.1) is 17.5 Å². The summed E-state index contributed by atoms with van der Waals surface area (Å²) in [5, 5.41) is 3.25. The van der Waals surface area contributed by atoms with E-state index in [1.165, 1.54) is 11.3 Å². The number of halogens is 3. The molecule has 0 aliphatic rings.